The average Bonchev–Trinajstić information content (AvgIpc) is 3.28. The summed E-state index contributed by atoms with van der Waals surface area (Å²) in [6.45, 7) is 4.69. The minimum absolute atomic E-state index is 0.0992. The molecule has 0 rings (SSSR count). The summed E-state index contributed by atoms with van der Waals surface area (Å²) in [5.41, 5.74) is 0. The first-order chi connectivity index (χ1) is 31.7. The number of aliphatic hydroxyl groups is 2. The van der Waals surface area contributed by atoms with Crippen LogP contribution < -0.4 is 0 Å². The van der Waals surface area contributed by atoms with Crippen molar-refractivity contribution >= 4 is 33.6 Å². The van der Waals surface area contributed by atoms with E-state index in [1.807, 2.05) is 6.92 Å². The number of hydrogen-bond acceptors (Lipinski definition) is 15. The van der Waals surface area contributed by atoms with E-state index < -0.39 is 91.2 Å². The van der Waals surface area contributed by atoms with Crippen molar-refractivity contribution in [1.82, 2.24) is 0 Å². The molecule has 0 heterocycles. The van der Waals surface area contributed by atoms with Gasteiger partial charge in [0, 0.05) is 19.3 Å². The maximum absolute atomic E-state index is 12.8. The molecule has 4 N–H and O–H groups in total. The molecule has 0 aromatic heterocycles. The zero-order valence-corrected chi connectivity index (χ0v) is 43.0. The molecule has 0 spiro atoms. The lowest BCUT2D eigenvalue weighted by Gasteiger charge is -2.23. The van der Waals surface area contributed by atoms with Gasteiger partial charge in [-0.15, -0.1) is 0 Å². The maximum atomic E-state index is 12.8. The van der Waals surface area contributed by atoms with Gasteiger partial charge in [0.25, 0.3) is 0 Å². The summed E-state index contributed by atoms with van der Waals surface area (Å²) in [4.78, 5) is 58.0. The monoisotopic (exact) mass is 991 g/mol. The third kappa shape index (κ3) is 42.6. The topological polar surface area (TPSA) is 240 Å². The summed E-state index contributed by atoms with van der Waals surface area (Å²) in [5.74, 6) is -1.57. The molecule has 0 saturated carbocycles. The fourth-order valence-electron chi connectivity index (χ4n) is 6.73. The number of aliphatic hydroxyl groups excluding tert-OH is 2. The van der Waals surface area contributed by atoms with E-state index in [1.54, 1.807) is 0 Å². The zero-order valence-electron chi connectivity index (χ0n) is 41.3. The molecule has 0 amide bonds. The van der Waals surface area contributed by atoms with E-state index in [9.17, 15) is 43.5 Å². The largest absolute Gasteiger partial charge is 0.472 e. The molecule has 0 saturated heterocycles. The van der Waals surface area contributed by atoms with E-state index in [-0.39, 0.29) is 25.9 Å². The Morgan fingerprint density at radius 2 is 0.727 bits per heavy atom. The van der Waals surface area contributed by atoms with Crippen molar-refractivity contribution in [2.24, 2.45) is 0 Å². The molecule has 66 heavy (non-hydrogen) atoms. The van der Waals surface area contributed by atoms with Gasteiger partial charge in [0.05, 0.1) is 26.4 Å². The molecule has 19 heteroatoms. The fourth-order valence-corrected chi connectivity index (χ4v) is 8.31. The highest BCUT2D eigenvalue weighted by Gasteiger charge is 2.30. The SMILES string of the molecule is CCCCCCCCCCC(=O)OC[C@H](COP(=O)(O)OC[C@H](O)COP(=O)(O)OC[C@@H](COC(=O)CCCCCCCC)OC(=O)CCCCCC)OC(O)CCCCCCCCCC. The molecule has 3 unspecified atom stereocenters. The van der Waals surface area contributed by atoms with Crippen LogP contribution in [0.2, 0.25) is 0 Å². The lowest BCUT2D eigenvalue weighted by Crippen LogP contribution is -2.31. The maximum Gasteiger partial charge on any atom is 0.472 e. The lowest BCUT2D eigenvalue weighted by atomic mass is 10.1. The highest BCUT2D eigenvalue weighted by atomic mass is 31.2. The first-order valence-electron chi connectivity index (χ1n) is 25.4. The van der Waals surface area contributed by atoms with E-state index in [4.69, 9.17) is 37.0 Å². The molecule has 0 aromatic rings. The third-order valence-corrected chi connectivity index (χ3v) is 12.6. The molecule has 0 aliphatic rings. The standard InChI is InChI=1S/C47H92O17P2/c1-5-9-13-17-20-22-25-29-32-45(50)58-38-43(64-47(52)34-30-26-23-21-18-14-10-6-2)40-62-66(55,56)60-36-41(48)35-59-65(53,54)61-39-42(63-46(51)33-27-16-12-8-4)37-57-44(49)31-28-24-19-15-11-7-3/h41-43,47-48,52H,5-40H2,1-4H3,(H,53,54)(H,55,56)/t41-,42-,43-,47?/m1/s1. The van der Waals surface area contributed by atoms with Crippen LogP contribution >= 0.6 is 15.6 Å². The first kappa shape index (κ1) is 64.5. The van der Waals surface area contributed by atoms with E-state index in [0.29, 0.717) is 32.1 Å². The first-order valence-corrected chi connectivity index (χ1v) is 28.4. The van der Waals surface area contributed by atoms with E-state index in [0.717, 1.165) is 89.9 Å². The predicted octanol–water partition coefficient (Wildman–Crippen LogP) is 11.1. The van der Waals surface area contributed by atoms with Crippen molar-refractivity contribution in [3.63, 3.8) is 0 Å². The molecule has 0 aliphatic heterocycles. The Labute approximate surface area is 397 Å². The van der Waals surface area contributed by atoms with Crippen LogP contribution in [0.1, 0.15) is 220 Å². The quantitative estimate of drug-likeness (QED) is 0.0146. The summed E-state index contributed by atoms with van der Waals surface area (Å²) in [6, 6.07) is 0. The van der Waals surface area contributed by atoms with Crippen molar-refractivity contribution in [1.29, 1.82) is 0 Å². The summed E-state index contributed by atoms with van der Waals surface area (Å²) in [5, 5.41) is 21.0. The van der Waals surface area contributed by atoms with Crippen LogP contribution in [0.3, 0.4) is 0 Å². The summed E-state index contributed by atoms with van der Waals surface area (Å²) in [7, 11) is -9.79. The van der Waals surface area contributed by atoms with Crippen LogP contribution in [0, 0.1) is 0 Å². The molecule has 0 fully saturated rings. The summed E-state index contributed by atoms with van der Waals surface area (Å²) in [6.07, 6.45) is 21.6. The number of hydrogen-bond donors (Lipinski definition) is 4. The van der Waals surface area contributed by atoms with Crippen LogP contribution in [0.25, 0.3) is 0 Å². The van der Waals surface area contributed by atoms with E-state index in [2.05, 4.69) is 20.8 Å². The van der Waals surface area contributed by atoms with Gasteiger partial charge in [-0.1, -0.05) is 169 Å². The van der Waals surface area contributed by atoms with Crippen LogP contribution in [0.5, 0.6) is 0 Å². The van der Waals surface area contributed by atoms with Crippen LogP contribution in [0.4, 0.5) is 0 Å². The number of carbonyl (C=O) groups excluding carboxylic acids is 3. The Kier molecular flexibility index (Phi) is 42.5. The molecule has 6 atom stereocenters. The van der Waals surface area contributed by atoms with Gasteiger partial charge in [0.2, 0.25) is 0 Å². The smallest absolute Gasteiger partial charge is 0.463 e. The van der Waals surface area contributed by atoms with Gasteiger partial charge in [-0.25, -0.2) is 9.13 Å². The third-order valence-electron chi connectivity index (χ3n) is 10.7. The highest BCUT2D eigenvalue weighted by molar-refractivity contribution is 7.47. The minimum Gasteiger partial charge on any atom is -0.463 e. The predicted molar refractivity (Wildman–Crippen MR) is 253 cm³/mol. The van der Waals surface area contributed by atoms with Crippen molar-refractivity contribution < 1.29 is 80.6 Å². The molecule has 0 aliphatic carbocycles. The second-order valence-electron chi connectivity index (χ2n) is 17.3. The lowest BCUT2D eigenvalue weighted by molar-refractivity contribution is -0.174. The summed E-state index contributed by atoms with van der Waals surface area (Å²) >= 11 is 0. The Hall–Kier alpha value is -1.49. The van der Waals surface area contributed by atoms with Gasteiger partial charge < -0.3 is 38.9 Å². The van der Waals surface area contributed by atoms with Crippen molar-refractivity contribution in [3.8, 4) is 0 Å². The van der Waals surface area contributed by atoms with Crippen LogP contribution in [0.15, 0.2) is 0 Å². The number of unbranched alkanes of at least 4 members (excludes halogenated alkanes) is 22. The average molecular weight is 991 g/mol. The summed E-state index contributed by atoms with van der Waals surface area (Å²) < 4.78 is 67.0. The molecule has 0 radical (unpaired) electrons. The minimum atomic E-state index is -4.90. The van der Waals surface area contributed by atoms with E-state index in [1.165, 1.54) is 51.4 Å². The Morgan fingerprint density at radius 3 is 1.15 bits per heavy atom. The molecular weight excluding hydrogens is 898 g/mol. The molecule has 0 bridgehead atoms. The van der Waals surface area contributed by atoms with Crippen molar-refractivity contribution in [2.45, 2.75) is 245 Å². The molecule has 392 valence electrons. The highest BCUT2D eigenvalue weighted by Crippen LogP contribution is 2.45. The van der Waals surface area contributed by atoms with Gasteiger partial charge >= 0.3 is 33.6 Å². The van der Waals surface area contributed by atoms with E-state index >= 15 is 0 Å². The zero-order chi connectivity index (χ0) is 49.2. The number of rotatable bonds is 49. The Morgan fingerprint density at radius 1 is 0.409 bits per heavy atom. The van der Waals surface area contributed by atoms with Gasteiger partial charge in [0.15, 0.2) is 12.4 Å². The number of ether oxygens (including phenoxy) is 4. The second kappa shape index (κ2) is 43.5. The van der Waals surface area contributed by atoms with Crippen LogP contribution in [-0.2, 0) is 60.6 Å². The normalized spacial score (nSPS) is 15.3. The van der Waals surface area contributed by atoms with Crippen molar-refractivity contribution in [2.75, 3.05) is 39.6 Å². The van der Waals surface area contributed by atoms with Crippen LogP contribution in [-0.4, -0.2) is 102 Å². The second-order valence-corrected chi connectivity index (χ2v) is 20.2. The number of carbonyl (C=O) groups is 3. The Bertz CT molecular complexity index is 1270. The molecule has 17 nitrogen and oxygen atoms in total. The number of phosphoric acid groups is 2. The fraction of sp³-hybridized carbons (Fsp3) is 0.936. The van der Waals surface area contributed by atoms with Crippen molar-refractivity contribution in [3.05, 3.63) is 0 Å². The Balaban J connectivity index is 5.12. The van der Waals surface area contributed by atoms with Gasteiger partial charge in [-0.05, 0) is 32.1 Å². The number of esters is 3. The van der Waals surface area contributed by atoms with Gasteiger partial charge in [0.1, 0.15) is 25.4 Å². The molecule has 0 aromatic carbocycles. The van der Waals surface area contributed by atoms with Gasteiger partial charge in [-0.2, -0.15) is 0 Å². The van der Waals surface area contributed by atoms with Gasteiger partial charge in [-0.3, -0.25) is 32.5 Å². The number of phosphoric ester groups is 2. The molecular formula is C47H92O17P2.